The first-order chi connectivity index (χ1) is 14.1. The third kappa shape index (κ3) is 4.75. The lowest BCUT2D eigenvalue weighted by molar-refractivity contribution is 0.408. The number of furan rings is 1. The maximum Gasteiger partial charge on any atom is 0.218 e. The van der Waals surface area contributed by atoms with Crippen molar-refractivity contribution in [2.75, 3.05) is 6.54 Å². The van der Waals surface area contributed by atoms with Crippen LogP contribution in [-0.2, 0) is 28.7 Å². The predicted molar refractivity (Wildman–Crippen MR) is 116 cm³/mol. The molecule has 3 aromatic carbocycles. The van der Waals surface area contributed by atoms with Gasteiger partial charge in [-0.05, 0) is 29.2 Å². The smallest absolute Gasteiger partial charge is 0.218 e. The van der Waals surface area contributed by atoms with Crippen molar-refractivity contribution in [3.8, 4) is 0 Å². The topological polar surface area (TPSA) is 50.5 Å². The van der Waals surface area contributed by atoms with Crippen molar-refractivity contribution >= 4 is 21.0 Å². The van der Waals surface area contributed by atoms with E-state index in [1.54, 1.807) is 10.6 Å². The lowest BCUT2D eigenvalue weighted by Gasteiger charge is -2.22. The SMILES string of the molecule is O=S(=O)(Cc1ccccc1)N(CCc1coc2ccccc12)Cc1ccccc1. The number of sulfonamides is 1. The number of para-hydroxylation sites is 1. The summed E-state index contributed by atoms with van der Waals surface area (Å²) in [6.07, 6.45) is 2.33. The first-order valence-corrected chi connectivity index (χ1v) is 11.2. The molecule has 0 atom stereocenters. The van der Waals surface area contributed by atoms with Crippen LogP contribution in [0.3, 0.4) is 0 Å². The Labute approximate surface area is 171 Å². The zero-order chi connectivity index (χ0) is 20.1. The van der Waals surface area contributed by atoms with Gasteiger partial charge in [0.1, 0.15) is 5.58 Å². The maximum atomic E-state index is 13.2. The van der Waals surface area contributed by atoms with E-state index < -0.39 is 10.0 Å². The van der Waals surface area contributed by atoms with E-state index in [-0.39, 0.29) is 5.75 Å². The van der Waals surface area contributed by atoms with Gasteiger partial charge in [0.2, 0.25) is 10.0 Å². The van der Waals surface area contributed by atoms with E-state index in [9.17, 15) is 8.42 Å². The van der Waals surface area contributed by atoms with Crippen molar-refractivity contribution in [3.63, 3.8) is 0 Å². The van der Waals surface area contributed by atoms with Crippen LogP contribution in [0.1, 0.15) is 16.7 Å². The molecule has 0 fully saturated rings. The van der Waals surface area contributed by atoms with Crippen LogP contribution < -0.4 is 0 Å². The van der Waals surface area contributed by atoms with Gasteiger partial charge in [-0.1, -0.05) is 78.9 Å². The summed E-state index contributed by atoms with van der Waals surface area (Å²) >= 11 is 0. The Morgan fingerprint density at radius 2 is 1.38 bits per heavy atom. The Hall–Kier alpha value is -2.89. The molecule has 5 heteroatoms. The lowest BCUT2D eigenvalue weighted by atomic mass is 10.1. The second kappa shape index (κ2) is 8.64. The molecule has 0 saturated heterocycles. The number of rotatable bonds is 8. The van der Waals surface area contributed by atoms with Gasteiger partial charge in [-0.15, -0.1) is 0 Å². The summed E-state index contributed by atoms with van der Waals surface area (Å²) in [5, 5.41) is 1.03. The molecule has 0 aliphatic carbocycles. The number of nitrogens with zero attached hydrogens (tertiary/aromatic N) is 1. The van der Waals surface area contributed by atoms with Crippen molar-refractivity contribution in [1.82, 2.24) is 4.31 Å². The summed E-state index contributed by atoms with van der Waals surface area (Å²) in [7, 11) is -3.48. The van der Waals surface area contributed by atoms with E-state index in [1.165, 1.54) is 0 Å². The van der Waals surface area contributed by atoms with Crippen LogP contribution >= 0.6 is 0 Å². The maximum absolute atomic E-state index is 13.2. The lowest BCUT2D eigenvalue weighted by Crippen LogP contribution is -2.33. The average Bonchev–Trinajstić information content (AvgIpc) is 3.15. The summed E-state index contributed by atoms with van der Waals surface area (Å²) in [6.45, 7) is 0.749. The van der Waals surface area contributed by atoms with Crippen LogP contribution in [-0.4, -0.2) is 19.3 Å². The molecule has 4 rings (SSSR count). The fourth-order valence-corrected chi connectivity index (χ4v) is 4.96. The van der Waals surface area contributed by atoms with Gasteiger partial charge in [-0.25, -0.2) is 8.42 Å². The Morgan fingerprint density at radius 1 is 0.759 bits per heavy atom. The van der Waals surface area contributed by atoms with Gasteiger partial charge >= 0.3 is 0 Å². The normalized spacial score (nSPS) is 11.9. The molecule has 0 unspecified atom stereocenters. The van der Waals surface area contributed by atoms with Gasteiger partial charge in [0.25, 0.3) is 0 Å². The van der Waals surface area contributed by atoms with E-state index in [4.69, 9.17) is 4.42 Å². The summed E-state index contributed by atoms with van der Waals surface area (Å²) in [5.41, 5.74) is 3.61. The molecule has 1 aromatic heterocycles. The highest BCUT2D eigenvalue weighted by atomic mass is 32.2. The van der Waals surface area contributed by atoms with Gasteiger partial charge in [0.15, 0.2) is 0 Å². The van der Waals surface area contributed by atoms with E-state index >= 15 is 0 Å². The summed E-state index contributed by atoms with van der Waals surface area (Å²) in [4.78, 5) is 0. The molecule has 0 radical (unpaired) electrons. The van der Waals surface area contributed by atoms with Gasteiger partial charge in [0.05, 0.1) is 12.0 Å². The fraction of sp³-hybridized carbons (Fsp3) is 0.167. The zero-order valence-electron chi connectivity index (χ0n) is 16.1. The molecule has 0 aliphatic rings. The minimum Gasteiger partial charge on any atom is -0.464 e. The molecule has 0 spiro atoms. The minimum atomic E-state index is -3.48. The predicted octanol–water partition coefficient (Wildman–Crippen LogP) is 5.01. The van der Waals surface area contributed by atoms with Crippen LogP contribution in [0.15, 0.2) is 95.6 Å². The van der Waals surface area contributed by atoms with Crippen molar-refractivity contribution in [3.05, 3.63) is 108 Å². The van der Waals surface area contributed by atoms with E-state index in [1.807, 2.05) is 84.9 Å². The van der Waals surface area contributed by atoms with Crippen LogP contribution in [0.4, 0.5) is 0 Å². The van der Waals surface area contributed by atoms with Crippen LogP contribution in [0.2, 0.25) is 0 Å². The number of benzene rings is 3. The second-order valence-corrected chi connectivity index (χ2v) is 9.04. The molecule has 4 aromatic rings. The highest BCUT2D eigenvalue weighted by Gasteiger charge is 2.23. The Bertz CT molecular complexity index is 1170. The molecular weight excluding hydrogens is 382 g/mol. The van der Waals surface area contributed by atoms with Crippen molar-refractivity contribution in [2.24, 2.45) is 0 Å². The first kappa shape index (κ1) is 19.4. The average molecular weight is 406 g/mol. The van der Waals surface area contributed by atoms with Gasteiger partial charge in [0, 0.05) is 18.5 Å². The van der Waals surface area contributed by atoms with Crippen LogP contribution in [0, 0.1) is 0 Å². The monoisotopic (exact) mass is 405 g/mol. The van der Waals surface area contributed by atoms with Gasteiger partial charge < -0.3 is 4.42 Å². The van der Waals surface area contributed by atoms with E-state index in [0.717, 1.165) is 27.7 Å². The Balaban J connectivity index is 1.57. The summed E-state index contributed by atoms with van der Waals surface area (Å²) in [5.74, 6) is -0.00713. The zero-order valence-corrected chi connectivity index (χ0v) is 16.9. The third-order valence-electron chi connectivity index (χ3n) is 4.98. The molecule has 148 valence electrons. The van der Waals surface area contributed by atoms with Crippen LogP contribution in [0.25, 0.3) is 11.0 Å². The highest BCUT2D eigenvalue weighted by molar-refractivity contribution is 7.88. The first-order valence-electron chi connectivity index (χ1n) is 9.62. The quantitative estimate of drug-likeness (QED) is 0.414. The van der Waals surface area contributed by atoms with Gasteiger partial charge in [-0.3, -0.25) is 0 Å². The van der Waals surface area contributed by atoms with E-state index in [0.29, 0.717) is 19.5 Å². The third-order valence-corrected chi connectivity index (χ3v) is 6.78. The fourth-order valence-electron chi connectivity index (χ4n) is 3.45. The molecule has 4 nitrogen and oxygen atoms in total. The van der Waals surface area contributed by atoms with Crippen molar-refractivity contribution < 1.29 is 12.8 Å². The Kier molecular flexibility index (Phi) is 5.79. The van der Waals surface area contributed by atoms with Crippen molar-refractivity contribution in [2.45, 2.75) is 18.7 Å². The molecule has 1 heterocycles. The minimum absolute atomic E-state index is 0.00713. The molecule has 0 bridgehead atoms. The number of hydrogen-bond donors (Lipinski definition) is 0. The number of hydrogen-bond acceptors (Lipinski definition) is 3. The van der Waals surface area contributed by atoms with Crippen molar-refractivity contribution in [1.29, 1.82) is 0 Å². The second-order valence-electron chi connectivity index (χ2n) is 7.07. The summed E-state index contributed by atoms with van der Waals surface area (Å²) < 4.78 is 33.7. The van der Waals surface area contributed by atoms with E-state index in [2.05, 4.69) is 0 Å². The highest BCUT2D eigenvalue weighted by Crippen LogP contribution is 2.22. The molecule has 0 N–H and O–H groups in total. The molecule has 29 heavy (non-hydrogen) atoms. The molecule has 0 aliphatic heterocycles. The molecule has 0 saturated carbocycles. The molecular formula is C24H23NO3S. The largest absolute Gasteiger partial charge is 0.464 e. The van der Waals surface area contributed by atoms with Gasteiger partial charge in [-0.2, -0.15) is 4.31 Å². The standard InChI is InChI=1S/C24H23NO3S/c26-29(27,19-21-11-5-2-6-12-21)25(17-20-9-3-1-4-10-20)16-15-22-18-28-24-14-8-7-13-23(22)24/h1-14,18H,15-17,19H2. The molecule has 0 amide bonds. The Morgan fingerprint density at radius 3 is 2.10 bits per heavy atom. The van der Waals surface area contributed by atoms with Crippen LogP contribution in [0.5, 0.6) is 0 Å². The summed E-state index contributed by atoms with van der Waals surface area (Å²) in [6, 6.07) is 26.9. The number of fused-ring (bicyclic) bond motifs is 1.